The molecule has 2 aliphatic heterocycles. The van der Waals surface area contributed by atoms with Crippen molar-refractivity contribution < 1.29 is 37.9 Å². The second-order valence-corrected chi connectivity index (χ2v) is 17.1. The lowest BCUT2D eigenvalue weighted by atomic mass is 9.81. The van der Waals surface area contributed by atoms with Gasteiger partial charge in [-0.3, -0.25) is 38.5 Å². The van der Waals surface area contributed by atoms with Crippen molar-refractivity contribution in [1.82, 2.24) is 35.7 Å². The van der Waals surface area contributed by atoms with Crippen molar-refractivity contribution >= 4 is 46.3 Å². The van der Waals surface area contributed by atoms with Crippen LogP contribution < -0.4 is 26.8 Å². The topological polar surface area (TPSA) is 198 Å². The number of pyridine rings is 2. The number of hydrogen-bond donors (Lipinski definition) is 4. The second kappa shape index (κ2) is 20.0. The van der Waals surface area contributed by atoms with E-state index in [9.17, 15) is 33.6 Å². The van der Waals surface area contributed by atoms with E-state index in [-0.39, 0.29) is 85.9 Å². The van der Waals surface area contributed by atoms with Crippen LogP contribution in [0.25, 0.3) is 22.3 Å². The molecule has 336 valence electrons. The average Bonchev–Trinajstić information content (AvgIpc) is 3.78. The summed E-state index contributed by atoms with van der Waals surface area (Å²) in [5.41, 5.74) is 5.81. The monoisotopic (exact) mass is 867 g/mol. The molecule has 6 amide bonds. The van der Waals surface area contributed by atoms with Gasteiger partial charge in [0.1, 0.15) is 17.9 Å². The number of halogens is 1. The Labute approximate surface area is 366 Å². The van der Waals surface area contributed by atoms with Crippen LogP contribution in [0.2, 0.25) is 0 Å². The van der Waals surface area contributed by atoms with Gasteiger partial charge in [-0.05, 0) is 86.1 Å². The molecule has 4 N–H and O–H groups in total. The predicted molar refractivity (Wildman–Crippen MR) is 235 cm³/mol. The molecule has 3 aromatic rings. The van der Waals surface area contributed by atoms with Crippen LogP contribution in [0, 0.1) is 18.7 Å². The summed E-state index contributed by atoms with van der Waals surface area (Å²) in [6.45, 7) is 13.6. The largest absolute Gasteiger partial charge is 0.380 e. The molecule has 15 nitrogen and oxygen atoms in total. The molecule has 0 saturated carbocycles. The second-order valence-electron chi connectivity index (χ2n) is 17.1. The molecule has 6 rings (SSSR count). The van der Waals surface area contributed by atoms with Crippen LogP contribution in [0.1, 0.15) is 118 Å². The number of allylic oxidation sites excluding steroid dienone is 1. The zero-order chi connectivity index (χ0) is 45.7. The Kier molecular flexibility index (Phi) is 14.7. The Balaban J connectivity index is 1.03. The van der Waals surface area contributed by atoms with Crippen molar-refractivity contribution in [3.05, 3.63) is 86.5 Å². The molecule has 3 aliphatic rings. The third-order valence-corrected chi connectivity index (χ3v) is 12.3. The number of aryl methyl sites for hydroxylation is 1. The van der Waals surface area contributed by atoms with Gasteiger partial charge < -0.3 is 30.6 Å². The van der Waals surface area contributed by atoms with Crippen LogP contribution in [-0.2, 0) is 53.1 Å². The van der Waals surface area contributed by atoms with Gasteiger partial charge in [0.05, 0.1) is 36.1 Å². The maximum Gasteiger partial charge on any atom is 0.257 e. The van der Waals surface area contributed by atoms with E-state index in [1.807, 2.05) is 13.0 Å². The summed E-state index contributed by atoms with van der Waals surface area (Å²) in [4.78, 5) is 95.9. The van der Waals surface area contributed by atoms with E-state index < -0.39 is 29.9 Å². The zero-order valence-corrected chi connectivity index (χ0v) is 37.0. The number of carbonyl (C=O) groups is 6. The molecule has 0 saturated heterocycles. The van der Waals surface area contributed by atoms with E-state index in [4.69, 9.17) is 9.72 Å². The lowest BCUT2D eigenvalue weighted by Gasteiger charge is -2.30. The van der Waals surface area contributed by atoms with E-state index in [2.05, 4.69) is 27.8 Å². The highest BCUT2D eigenvalue weighted by molar-refractivity contribution is 6.12. The number of nitrogens with zero attached hydrogens (tertiary/aromatic N) is 3. The normalized spacial score (nSPS) is 16.4. The number of amides is 6. The molecule has 0 spiro atoms. The van der Waals surface area contributed by atoms with Crippen molar-refractivity contribution in [1.29, 1.82) is 0 Å². The first-order valence-corrected chi connectivity index (χ1v) is 21.8. The maximum absolute atomic E-state index is 15.3. The molecule has 0 fully saturated rings. The smallest absolute Gasteiger partial charge is 0.257 e. The quantitative estimate of drug-likeness (QED) is 0.0564. The van der Waals surface area contributed by atoms with Gasteiger partial charge in [0.25, 0.3) is 17.4 Å². The van der Waals surface area contributed by atoms with Crippen molar-refractivity contribution in [2.45, 2.75) is 123 Å². The number of ether oxygens (including phenoxy) is 1. The van der Waals surface area contributed by atoms with Gasteiger partial charge in [-0.2, -0.15) is 0 Å². The number of rotatable bonds is 20. The Morgan fingerprint density at radius 2 is 1.67 bits per heavy atom. The summed E-state index contributed by atoms with van der Waals surface area (Å²) in [6, 6.07) is 1.15. The van der Waals surface area contributed by atoms with Crippen LogP contribution >= 0.6 is 0 Å². The highest BCUT2D eigenvalue weighted by Gasteiger charge is 2.35. The van der Waals surface area contributed by atoms with E-state index in [0.29, 0.717) is 66.6 Å². The molecule has 1 aromatic carbocycles. The van der Waals surface area contributed by atoms with Crippen LogP contribution in [-0.4, -0.2) is 82.2 Å². The molecule has 4 heterocycles. The van der Waals surface area contributed by atoms with Gasteiger partial charge in [-0.15, -0.1) is 6.58 Å². The number of methoxy groups -OCH3 is 1. The third-order valence-electron chi connectivity index (χ3n) is 12.3. The summed E-state index contributed by atoms with van der Waals surface area (Å²) in [7, 11) is 1.54. The van der Waals surface area contributed by atoms with Gasteiger partial charge in [-0.1, -0.05) is 33.3 Å². The summed E-state index contributed by atoms with van der Waals surface area (Å²) in [5, 5.41) is 12.2. The zero-order valence-electron chi connectivity index (χ0n) is 37.0. The first-order chi connectivity index (χ1) is 30.1. The molecule has 2 aromatic heterocycles. The van der Waals surface area contributed by atoms with Crippen molar-refractivity contribution in [2.75, 3.05) is 20.2 Å². The van der Waals surface area contributed by atoms with E-state index in [0.717, 1.165) is 32.5 Å². The number of carbonyl (C=O) groups excluding carboxylic acids is 6. The summed E-state index contributed by atoms with van der Waals surface area (Å²) >= 11 is 0. The number of benzene rings is 1. The maximum atomic E-state index is 15.3. The minimum absolute atomic E-state index is 0.0965. The number of hydrogen-bond acceptors (Lipinski definition) is 9. The molecule has 1 aliphatic carbocycles. The SMILES string of the molecule is C=CC(C)c1cc2n(c(=O)c1COC)Cc1c-2nc2cc(F)c(C)c3c2c1C(NC(=O)CCCNC(=O)[C@H](C)NC(=O)C(NC(=O)CCCCCN1C(=O)C=CC1=O)C(C)C)CC3. The van der Waals surface area contributed by atoms with E-state index in [1.165, 1.54) is 18.2 Å². The highest BCUT2D eigenvalue weighted by atomic mass is 19.1. The Morgan fingerprint density at radius 3 is 2.35 bits per heavy atom. The Bertz CT molecular complexity index is 2420. The lowest BCUT2D eigenvalue weighted by Crippen LogP contribution is -2.54. The summed E-state index contributed by atoms with van der Waals surface area (Å²) in [6.07, 6.45) is 7.52. The van der Waals surface area contributed by atoms with Crippen molar-refractivity contribution in [2.24, 2.45) is 5.92 Å². The number of nitrogens with one attached hydrogen (secondary N) is 4. The standard InChI is InChI=1S/C47H58FN7O8/c1-8-26(4)30-21-36-44-31(23-55(36)47(62)32(30)24-63-7)42-34(16-15-29-27(5)33(48)22-35(52-44)41(29)42)51-37(56)14-12-19-49-45(60)28(6)50-46(61)43(25(2)3)53-38(57)13-10-9-11-20-54-39(58)17-18-40(54)59/h8,17-18,21-22,25-26,28,34,43H,1,9-16,19-20,23-24H2,2-7H3,(H,49,60)(H,50,61)(H,51,56)(H,53,57)/t26?,28-,34?,43?/m0/s1. The molecule has 16 heteroatoms. The Morgan fingerprint density at radius 1 is 0.952 bits per heavy atom. The van der Waals surface area contributed by atoms with Gasteiger partial charge in [0.2, 0.25) is 23.6 Å². The fraction of sp³-hybridized carbons (Fsp3) is 0.489. The first-order valence-electron chi connectivity index (χ1n) is 21.8. The summed E-state index contributed by atoms with van der Waals surface area (Å²) in [5.74, 6) is -2.95. The van der Waals surface area contributed by atoms with E-state index in [1.54, 1.807) is 45.4 Å². The highest BCUT2D eigenvalue weighted by Crippen LogP contribution is 2.45. The number of fused-ring (bicyclic) bond motifs is 4. The predicted octanol–water partition coefficient (Wildman–Crippen LogP) is 4.44. The first kappa shape index (κ1) is 46.5. The van der Waals surface area contributed by atoms with Gasteiger partial charge in [0, 0.05) is 67.8 Å². The minimum Gasteiger partial charge on any atom is -0.380 e. The van der Waals surface area contributed by atoms with Crippen LogP contribution in [0.15, 0.2) is 41.7 Å². The number of imide groups is 1. The van der Waals surface area contributed by atoms with Crippen molar-refractivity contribution in [3.63, 3.8) is 0 Å². The molecule has 4 atom stereocenters. The lowest BCUT2D eigenvalue weighted by molar-refractivity contribution is -0.137. The molecule has 3 unspecified atom stereocenters. The molecule has 63 heavy (non-hydrogen) atoms. The van der Waals surface area contributed by atoms with Gasteiger partial charge in [-0.25, -0.2) is 9.37 Å². The molecular weight excluding hydrogens is 810 g/mol. The number of unbranched alkanes of at least 4 members (excludes halogenated alkanes) is 2. The third kappa shape index (κ3) is 9.96. The fourth-order valence-electron chi connectivity index (χ4n) is 8.74. The minimum atomic E-state index is -0.917. The summed E-state index contributed by atoms with van der Waals surface area (Å²) < 4.78 is 22.4. The molecule has 0 radical (unpaired) electrons. The average molecular weight is 868 g/mol. The van der Waals surface area contributed by atoms with Gasteiger partial charge in [0.15, 0.2) is 0 Å². The molecular formula is C47H58FN7O8. The van der Waals surface area contributed by atoms with Crippen LogP contribution in [0.5, 0.6) is 0 Å². The van der Waals surface area contributed by atoms with Crippen LogP contribution in [0.4, 0.5) is 4.39 Å². The number of aromatic nitrogens is 2. The van der Waals surface area contributed by atoms with E-state index >= 15 is 4.39 Å². The molecule has 0 bridgehead atoms. The fourth-order valence-corrected chi connectivity index (χ4v) is 8.74. The van der Waals surface area contributed by atoms with Gasteiger partial charge >= 0.3 is 0 Å². The van der Waals surface area contributed by atoms with Crippen molar-refractivity contribution in [3.8, 4) is 11.4 Å². The Hall–Kier alpha value is -6.03. The van der Waals surface area contributed by atoms with Crippen LogP contribution in [0.3, 0.4) is 0 Å².